The van der Waals surface area contributed by atoms with Gasteiger partial charge in [-0.3, -0.25) is 14.4 Å². The van der Waals surface area contributed by atoms with E-state index in [-0.39, 0.29) is 34.0 Å². The van der Waals surface area contributed by atoms with Crippen LogP contribution in [0.2, 0.25) is 5.02 Å². The lowest BCUT2D eigenvalue weighted by Gasteiger charge is -2.47. The zero-order chi connectivity index (χ0) is 35.0. The molecular weight excluding hydrogens is 634 g/mol. The first-order valence-corrected chi connectivity index (χ1v) is 18.9. The van der Waals surface area contributed by atoms with Gasteiger partial charge in [-0.2, -0.15) is 0 Å². The first kappa shape index (κ1) is 37.1. The maximum absolute atomic E-state index is 13.6. The summed E-state index contributed by atoms with van der Waals surface area (Å²) < 4.78 is 5.85. The summed E-state index contributed by atoms with van der Waals surface area (Å²) in [5.74, 6) is 0.960. The molecule has 0 spiro atoms. The molecule has 1 aliphatic heterocycles. The van der Waals surface area contributed by atoms with Gasteiger partial charge in [-0.25, -0.2) is 0 Å². The van der Waals surface area contributed by atoms with Gasteiger partial charge in [0.2, 0.25) is 5.91 Å². The lowest BCUT2D eigenvalue weighted by atomic mass is 9.63. The Bertz CT molecular complexity index is 1590. The van der Waals surface area contributed by atoms with Crippen LogP contribution in [-0.2, 0) is 4.79 Å². The smallest absolute Gasteiger partial charge is 0.287 e. The Labute approximate surface area is 297 Å². The third-order valence-electron chi connectivity index (χ3n) is 10.8. The van der Waals surface area contributed by atoms with Gasteiger partial charge in [0.15, 0.2) is 11.2 Å². The quantitative estimate of drug-likeness (QED) is 0.231. The molecule has 2 amide bonds. The number of carbonyl (C=O) groups is 2. The number of carbonyl (C=O) groups excluding carboxylic acids is 2. The molecule has 6 rings (SSSR count). The highest BCUT2D eigenvalue weighted by atomic mass is 35.5. The maximum Gasteiger partial charge on any atom is 0.287 e. The lowest BCUT2D eigenvalue weighted by molar-refractivity contribution is -0.141. The van der Waals surface area contributed by atoms with Crippen molar-refractivity contribution < 1.29 is 14.0 Å². The van der Waals surface area contributed by atoms with Crippen LogP contribution >= 0.6 is 11.6 Å². The Morgan fingerprint density at radius 2 is 1.57 bits per heavy atom. The summed E-state index contributed by atoms with van der Waals surface area (Å²) in [5.41, 5.74) is 2.26. The van der Waals surface area contributed by atoms with Gasteiger partial charge in [-0.05, 0) is 134 Å². The van der Waals surface area contributed by atoms with Crippen molar-refractivity contribution in [3.8, 4) is 0 Å². The van der Waals surface area contributed by atoms with Gasteiger partial charge >= 0.3 is 0 Å². The van der Waals surface area contributed by atoms with Crippen molar-refractivity contribution >= 4 is 34.4 Å². The van der Waals surface area contributed by atoms with E-state index >= 15 is 0 Å². The van der Waals surface area contributed by atoms with Crippen LogP contribution < -0.4 is 16.1 Å². The molecule has 2 aromatic carbocycles. The highest BCUT2D eigenvalue weighted by Gasteiger charge is 2.48. The summed E-state index contributed by atoms with van der Waals surface area (Å²) in [6.45, 7) is 11.4. The van der Waals surface area contributed by atoms with Crippen LogP contribution in [0.1, 0.15) is 125 Å². The third kappa shape index (κ3) is 9.97. The summed E-state index contributed by atoms with van der Waals surface area (Å²) >= 11 is 5.61. The van der Waals surface area contributed by atoms with Crippen molar-refractivity contribution in [3.63, 3.8) is 0 Å². The van der Waals surface area contributed by atoms with Gasteiger partial charge in [-0.15, -0.1) is 0 Å². The molecule has 49 heavy (non-hydrogen) atoms. The van der Waals surface area contributed by atoms with Crippen LogP contribution in [-0.4, -0.2) is 48.4 Å². The van der Waals surface area contributed by atoms with E-state index in [1.807, 2.05) is 49.4 Å². The van der Waals surface area contributed by atoms with Crippen molar-refractivity contribution in [1.82, 2.24) is 15.5 Å². The molecule has 2 saturated carbocycles. The number of halogens is 1. The summed E-state index contributed by atoms with van der Waals surface area (Å²) in [6.07, 6.45) is 13.5. The Morgan fingerprint density at radius 1 is 0.918 bits per heavy atom. The molecule has 266 valence electrons. The van der Waals surface area contributed by atoms with E-state index in [0.29, 0.717) is 29.3 Å². The van der Waals surface area contributed by atoms with Gasteiger partial charge in [0.25, 0.3) is 5.91 Å². The number of hydrogen-bond donors (Lipinski definition) is 2. The minimum absolute atomic E-state index is 0.0659. The minimum Gasteiger partial charge on any atom is -0.451 e. The zero-order valence-electron chi connectivity index (χ0n) is 30.0. The van der Waals surface area contributed by atoms with Crippen molar-refractivity contribution in [2.24, 2.45) is 11.3 Å². The molecule has 2 aliphatic carbocycles. The molecule has 8 heteroatoms. The number of likely N-dealkylation sites (tertiary alicyclic amines) is 1. The molecular formula is C41H56ClN3O4. The van der Waals surface area contributed by atoms with E-state index in [1.54, 1.807) is 0 Å². The second-order valence-corrected chi connectivity index (χ2v) is 16.1. The first-order chi connectivity index (χ1) is 23.4. The van der Waals surface area contributed by atoms with Crippen molar-refractivity contribution in [2.75, 3.05) is 26.2 Å². The van der Waals surface area contributed by atoms with Crippen molar-refractivity contribution in [3.05, 3.63) is 80.7 Å². The fraction of sp³-hybridized carbons (Fsp3) is 0.585. The minimum atomic E-state index is -0.349. The topological polar surface area (TPSA) is 91.7 Å². The maximum atomic E-state index is 13.6. The molecule has 1 saturated heterocycles. The van der Waals surface area contributed by atoms with E-state index in [0.717, 1.165) is 56.8 Å². The van der Waals surface area contributed by atoms with Crippen LogP contribution in [0.5, 0.6) is 0 Å². The summed E-state index contributed by atoms with van der Waals surface area (Å²) in [4.78, 5) is 41.7. The molecule has 2 heterocycles. The fourth-order valence-electron chi connectivity index (χ4n) is 8.04. The molecule has 0 atom stereocenters. The standard InChI is InChI=1S/C34H49N3O4.C7H7Cl/c1-33(2,3)36-32(40)34(26-12-5-4-6-13-26)16-20-37(21-17-34)19-9-18-35-31(39)30-23-28(38)27-22-25(14-15-29(27)41-30)24-10-7-8-11-24;1-6-2-4-7(8)5-3-6/h14-15,22-24,26H,4-13,16-21H2,1-3H3,(H,35,39)(H,36,40);2-5H,1H3. The molecule has 3 aliphatic rings. The average molecular weight is 690 g/mol. The Kier molecular flexibility index (Phi) is 12.6. The molecule has 7 nitrogen and oxygen atoms in total. The van der Waals surface area contributed by atoms with E-state index in [2.05, 4.69) is 36.3 Å². The van der Waals surface area contributed by atoms with Gasteiger partial charge in [0.1, 0.15) is 5.58 Å². The van der Waals surface area contributed by atoms with Gasteiger partial charge in [0.05, 0.1) is 10.8 Å². The van der Waals surface area contributed by atoms with Crippen molar-refractivity contribution in [2.45, 2.75) is 116 Å². The zero-order valence-corrected chi connectivity index (χ0v) is 30.8. The molecule has 3 aromatic rings. The van der Waals surface area contributed by atoms with Gasteiger partial charge in [-0.1, -0.05) is 67.5 Å². The number of amides is 2. The molecule has 0 radical (unpaired) electrons. The average Bonchev–Trinajstić information content (AvgIpc) is 3.63. The number of benzene rings is 2. The summed E-state index contributed by atoms with van der Waals surface area (Å²) in [6, 6.07) is 14.9. The number of nitrogens with one attached hydrogen (secondary N) is 2. The van der Waals surface area contributed by atoms with Crippen molar-refractivity contribution in [1.29, 1.82) is 0 Å². The van der Waals surface area contributed by atoms with E-state index < -0.39 is 0 Å². The third-order valence-corrected chi connectivity index (χ3v) is 11.1. The molecule has 1 aromatic heterocycles. The monoisotopic (exact) mass is 689 g/mol. The van der Waals surface area contributed by atoms with Gasteiger partial charge in [0, 0.05) is 23.2 Å². The Morgan fingerprint density at radius 3 is 2.20 bits per heavy atom. The lowest BCUT2D eigenvalue weighted by Crippen LogP contribution is -2.56. The number of piperidine rings is 1. The number of hydrogen-bond acceptors (Lipinski definition) is 5. The summed E-state index contributed by atoms with van der Waals surface area (Å²) in [5, 5.41) is 7.61. The number of fused-ring (bicyclic) bond motifs is 1. The van der Waals surface area contributed by atoms with Crippen LogP contribution in [0, 0.1) is 18.3 Å². The number of nitrogens with zero attached hydrogens (tertiary/aromatic N) is 1. The normalized spacial score (nSPS) is 18.9. The number of rotatable bonds is 8. The second-order valence-electron chi connectivity index (χ2n) is 15.7. The highest BCUT2D eigenvalue weighted by Crippen LogP contribution is 2.46. The molecule has 2 N–H and O–H groups in total. The predicted molar refractivity (Wildman–Crippen MR) is 199 cm³/mol. The van der Waals surface area contributed by atoms with Crippen LogP contribution in [0.25, 0.3) is 11.0 Å². The molecule has 0 unspecified atom stereocenters. The van der Waals surface area contributed by atoms with E-state index in [4.69, 9.17) is 16.0 Å². The van der Waals surface area contributed by atoms with Crippen LogP contribution in [0.4, 0.5) is 0 Å². The van der Waals surface area contributed by atoms with E-state index in [9.17, 15) is 14.4 Å². The van der Waals surface area contributed by atoms with E-state index in [1.165, 1.54) is 62.1 Å². The SMILES string of the molecule is CC(C)(C)NC(=O)C1(C2CCCCC2)CCN(CCCNC(=O)c2cc(=O)c3cc(C4CCCC4)ccc3o2)CC1.Cc1ccc(Cl)cc1. The van der Waals surface area contributed by atoms with Gasteiger partial charge < -0.3 is 20.0 Å². The second kappa shape index (κ2) is 16.7. The van der Waals surface area contributed by atoms with Crippen LogP contribution in [0.3, 0.4) is 0 Å². The Hall–Kier alpha value is -3.16. The number of aryl methyl sites for hydroxylation is 1. The highest BCUT2D eigenvalue weighted by molar-refractivity contribution is 6.30. The largest absolute Gasteiger partial charge is 0.451 e. The molecule has 3 fully saturated rings. The predicted octanol–water partition coefficient (Wildman–Crippen LogP) is 8.80. The molecule has 0 bridgehead atoms. The Balaban J connectivity index is 0.000000514. The first-order valence-electron chi connectivity index (χ1n) is 18.6. The van der Waals surface area contributed by atoms with Crippen LogP contribution in [0.15, 0.2) is 57.7 Å². The summed E-state index contributed by atoms with van der Waals surface area (Å²) in [7, 11) is 0. The fourth-order valence-corrected chi connectivity index (χ4v) is 8.17.